The SMILES string of the molecule is COC(=O)[C@H]1CSSC[C@H](C(=O)OC)NC(=O)[C@@H](Cc2ccccc2)N2Cc3cc(C(C)(C)C)cc(c3O)Sc3cc(C(C)(C)C)cc(c3O)CN(Cc3cc(C(C)(C)C)cc(c3O)Sc3cc(C(C)(C)C)cc(c3O)C2)[C@H](Cc2ccccc2)C(=O)N1. The first-order valence-corrected chi connectivity index (χ1v) is 33.8. The lowest BCUT2D eigenvalue weighted by molar-refractivity contribution is -0.145. The lowest BCUT2D eigenvalue weighted by Gasteiger charge is -2.34. The van der Waals surface area contributed by atoms with Crippen molar-refractivity contribution < 1.29 is 49.1 Å². The van der Waals surface area contributed by atoms with Gasteiger partial charge in [-0.15, -0.1) is 0 Å². The van der Waals surface area contributed by atoms with Crippen molar-refractivity contribution in [1.82, 2.24) is 20.4 Å². The first-order chi connectivity index (χ1) is 41.3. The van der Waals surface area contributed by atoms with Crippen molar-refractivity contribution in [3.63, 3.8) is 0 Å². The van der Waals surface area contributed by atoms with E-state index in [1.807, 2.05) is 119 Å². The van der Waals surface area contributed by atoms with Gasteiger partial charge >= 0.3 is 11.9 Å². The summed E-state index contributed by atoms with van der Waals surface area (Å²) in [4.78, 5) is 64.9. The summed E-state index contributed by atoms with van der Waals surface area (Å²) in [7, 11) is 4.92. The molecule has 18 heteroatoms. The standard InChI is InChI=1S/C70H86N4O10S4/c1-67(2,3)47-27-43-35-73-36-44-28-49(69(7,8)9)33-57(61(44)77)88-58-34-50(70(10,11)12)30-46(62(58)78)38-74(37-45-29-48(68(4,5)6)32-56(60(45)76)87-55(31-47)59(43)75)54(26-42-23-19-16-20-24-42)64(80)72-52(66(82)84-14)40-86-85-39-51(65(81)83-13)71-63(79)53(73)25-41-21-17-15-18-22-41/h15-24,27-34,51-54,75-78H,25-26,35-40H2,1-14H3,(H,71,79)(H,72,80)/t51-,52-,53-,54-/m1/s1. The van der Waals surface area contributed by atoms with Crippen LogP contribution in [0, 0.1) is 0 Å². The lowest BCUT2D eigenvalue weighted by atomic mass is 9.85. The summed E-state index contributed by atoms with van der Waals surface area (Å²) >= 11 is 2.41. The molecule has 9 rings (SSSR count). The second-order valence-electron chi connectivity index (χ2n) is 27.1. The molecule has 14 nitrogen and oxygen atoms in total. The van der Waals surface area contributed by atoms with Crippen molar-refractivity contribution in [2.75, 3.05) is 25.7 Å². The van der Waals surface area contributed by atoms with Crippen LogP contribution in [-0.2, 0) is 89.3 Å². The highest BCUT2D eigenvalue weighted by Crippen LogP contribution is 2.49. The lowest BCUT2D eigenvalue weighted by Crippen LogP contribution is -2.53. The third-order valence-electron chi connectivity index (χ3n) is 16.2. The van der Waals surface area contributed by atoms with Crippen molar-refractivity contribution >= 4 is 68.9 Å². The molecule has 3 heterocycles. The van der Waals surface area contributed by atoms with Crippen molar-refractivity contribution in [2.45, 2.75) is 188 Å². The molecule has 0 spiro atoms. The van der Waals surface area contributed by atoms with E-state index in [4.69, 9.17) is 9.47 Å². The van der Waals surface area contributed by atoms with Gasteiger partial charge in [-0.05, 0) is 92.1 Å². The van der Waals surface area contributed by atoms with Crippen LogP contribution < -0.4 is 10.6 Å². The maximum absolute atomic E-state index is 15.7. The smallest absolute Gasteiger partial charge is 0.329 e. The van der Waals surface area contributed by atoms with Crippen LogP contribution >= 0.6 is 45.1 Å². The van der Waals surface area contributed by atoms with Gasteiger partial charge in [0.1, 0.15) is 35.1 Å². The number of carbonyl (C=O) groups is 4. The molecule has 0 aromatic heterocycles. The van der Waals surface area contributed by atoms with Crippen LogP contribution in [0.5, 0.6) is 23.0 Å². The van der Waals surface area contributed by atoms with Crippen LogP contribution in [0.25, 0.3) is 0 Å². The first-order valence-electron chi connectivity index (χ1n) is 29.7. The number of benzene rings is 6. The second-order valence-corrected chi connectivity index (χ2v) is 31.8. The van der Waals surface area contributed by atoms with Gasteiger partial charge in [-0.3, -0.25) is 19.4 Å². The number of methoxy groups -OCH3 is 2. The van der Waals surface area contributed by atoms with Gasteiger partial charge in [-0.2, -0.15) is 0 Å². The Morgan fingerprint density at radius 3 is 0.955 bits per heavy atom. The monoisotopic (exact) mass is 1270 g/mol. The highest BCUT2D eigenvalue weighted by molar-refractivity contribution is 8.76. The molecular formula is C70H86N4O10S4. The predicted octanol–water partition coefficient (Wildman–Crippen LogP) is 13.3. The number of phenols is 4. The number of hydrogen-bond acceptors (Lipinski definition) is 16. The average Bonchev–Trinajstić information content (AvgIpc) is 1.60. The molecule has 4 atom stereocenters. The zero-order valence-electron chi connectivity index (χ0n) is 53.1. The number of hydrogen-bond donors (Lipinski definition) is 6. The number of fused-ring (bicyclic) bond motifs is 11. The molecule has 0 saturated heterocycles. The summed E-state index contributed by atoms with van der Waals surface area (Å²) in [6.45, 7) is 24.8. The summed E-state index contributed by atoms with van der Waals surface area (Å²) in [6.07, 6.45) is 0.251. The molecule has 6 N–H and O–H groups in total. The van der Waals surface area contributed by atoms with E-state index >= 15 is 9.59 Å². The highest BCUT2D eigenvalue weighted by atomic mass is 33.1. The van der Waals surface area contributed by atoms with Crippen LogP contribution in [0.2, 0.25) is 0 Å². The summed E-state index contributed by atoms with van der Waals surface area (Å²) in [5.74, 6) is -2.81. The third-order valence-corrected chi connectivity index (χ3v) is 20.7. The van der Waals surface area contributed by atoms with E-state index in [2.05, 4.69) is 93.7 Å². The zero-order valence-corrected chi connectivity index (χ0v) is 56.4. The Balaban J connectivity index is 1.52. The van der Waals surface area contributed by atoms with Crippen LogP contribution in [0.4, 0.5) is 0 Å². The number of rotatable bonds is 6. The molecule has 6 aromatic rings. The predicted molar refractivity (Wildman–Crippen MR) is 355 cm³/mol. The van der Waals surface area contributed by atoms with Crippen molar-refractivity contribution in [3.05, 3.63) is 165 Å². The molecule has 0 saturated carbocycles. The number of ether oxygens (including phenoxy) is 2. The Kier molecular flexibility index (Phi) is 21.4. The van der Waals surface area contributed by atoms with Gasteiger partial charge in [0, 0.05) is 59.9 Å². The van der Waals surface area contributed by atoms with Gasteiger partial charge in [0.25, 0.3) is 0 Å². The van der Waals surface area contributed by atoms with Crippen LogP contribution in [0.1, 0.15) is 139 Å². The number of nitrogens with one attached hydrogen (secondary N) is 2. The number of esters is 2. The fourth-order valence-corrected chi connectivity index (χ4v) is 15.1. The summed E-state index contributed by atoms with van der Waals surface area (Å²) in [5.41, 5.74) is 5.01. The minimum absolute atomic E-state index is 0.00552. The Labute approximate surface area is 536 Å². The molecule has 6 aromatic carbocycles. The summed E-state index contributed by atoms with van der Waals surface area (Å²) < 4.78 is 10.7. The van der Waals surface area contributed by atoms with E-state index in [0.717, 1.165) is 33.4 Å². The second kappa shape index (κ2) is 27.9. The largest absolute Gasteiger partial charge is 0.506 e. The molecule has 0 radical (unpaired) electrons. The van der Waals surface area contributed by atoms with Crippen LogP contribution in [0.3, 0.4) is 0 Å². The fraction of sp³-hybridized carbons (Fsp3) is 0.429. The summed E-state index contributed by atoms with van der Waals surface area (Å²) in [5, 5.41) is 58.2. The molecule has 3 aliphatic heterocycles. The number of aromatic hydroxyl groups is 4. The van der Waals surface area contributed by atoms with E-state index in [9.17, 15) is 30.0 Å². The van der Waals surface area contributed by atoms with E-state index in [0.29, 0.717) is 41.8 Å². The molecule has 2 amide bonds. The topological polar surface area (TPSA) is 198 Å². The Morgan fingerprint density at radius 2 is 0.716 bits per heavy atom. The fourth-order valence-electron chi connectivity index (χ4n) is 10.7. The van der Waals surface area contributed by atoms with E-state index in [1.54, 1.807) is 0 Å². The summed E-state index contributed by atoms with van der Waals surface area (Å²) in [6, 6.07) is 30.0. The molecule has 0 unspecified atom stereocenters. The van der Waals surface area contributed by atoms with Gasteiger partial charge in [-0.25, -0.2) is 9.59 Å². The van der Waals surface area contributed by atoms with Crippen molar-refractivity contribution in [3.8, 4) is 23.0 Å². The van der Waals surface area contributed by atoms with Crippen LogP contribution in [-0.4, -0.2) is 104 Å². The normalized spacial score (nSPS) is 20.3. The highest BCUT2D eigenvalue weighted by Gasteiger charge is 2.37. The van der Waals surface area contributed by atoms with Gasteiger partial charge in [0.15, 0.2) is 0 Å². The Morgan fingerprint density at radius 1 is 0.455 bits per heavy atom. The number of nitrogens with zero attached hydrogens (tertiary/aromatic N) is 2. The van der Waals surface area contributed by atoms with Crippen molar-refractivity contribution in [2.24, 2.45) is 0 Å². The molecule has 0 fully saturated rings. The maximum Gasteiger partial charge on any atom is 0.329 e. The Bertz CT molecular complexity index is 3150. The minimum Gasteiger partial charge on any atom is -0.506 e. The van der Waals surface area contributed by atoms with Gasteiger partial charge in [-0.1, -0.05) is 213 Å². The van der Waals surface area contributed by atoms with Gasteiger partial charge in [0.2, 0.25) is 11.8 Å². The molecular weight excluding hydrogens is 1190 g/mol. The zero-order chi connectivity index (χ0) is 64.2. The minimum atomic E-state index is -1.20. The average molecular weight is 1270 g/mol. The molecule has 470 valence electrons. The van der Waals surface area contributed by atoms with E-state index < -0.39 is 69.6 Å². The molecule has 10 bridgehead atoms. The van der Waals surface area contributed by atoms with E-state index in [-0.39, 0.29) is 73.5 Å². The number of amides is 2. The Hall–Kier alpha value is -6.28. The van der Waals surface area contributed by atoms with Crippen molar-refractivity contribution in [1.29, 1.82) is 0 Å². The number of phenolic OH excluding ortho intramolecular Hbond substituents is 4. The van der Waals surface area contributed by atoms with Gasteiger partial charge < -0.3 is 40.5 Å². The third kappa shape index (κ3) is 16.6. The quantitative estimate of drug-likeness (QED) is 0.0679. The van der Waals surface area contributed by atoms with E-state index in [1.165, 1.54) is 59.3 Å². The van der Waals surface area contributed by atoms with Crippen LogP contribution in [0.15, 0.2) is 129 Å². The molecule has 0 aliphatic carbocycles. The maximum atomic E-state index is 15.7. The molecule has 3 aliphatic rings. The number of carbonyl (C=O) groups excluding carboxylic acids is 4. The molecule has 88 heavy (non-hydrogen) atoms. The van der Waals surface area contributed by atoms with Gasteiger partial charge in [0.05, 0.1) is 45.9 Å². The first kappa shape index (κ1) is 67.6.